The topological polar surface area (TPSA) is 46.5 Å². The molecule has 0 rings (SSSR count). The van der Waals surface area contributed by atoms with E-state index < -0.39 is 6.29 Å². The van der Waals surface area contributed by atoms with Gasteiger partial charge in [0, 0.05) is 5.57 Å². The number of rotatable bonds is 12. The van der Waals surface area contributed by atoms with Crippen molar-refractivity contribution in [1.82, 2.24) is 0 Å². The first-order valence-electron chi connectivity index (χ1n) is 8.19. The maximum absolute atomic E-state index is 11.9. The summed E-state index contributed by atoms with van der Waals surface area (Å²) < 4.78 is 4.90. The molecule has 20 heavy (non-hydrogen) atoms. The molecule has 3 nitrogen and oxygen atoms in total. The predicted molar refractivity (Wildman–Crippen MR) is 83.4 cm³/mol. The molecule has 118 valence electrons. The third kappa shape index (κ3) is 11.0. The highest BCUT2D eigenvalue weighted by atomic mass is 16.6. The van der Waals surface area contributed by atoms with E-state index in [1.54, 1.807) is 0 Å². The minimum Gasteiger partial charge on any atom is -0.433 e. The fourth-order valence-corrected chi connectivity index (χ4v) is 2.11. The second-order valence-electron chi connectivity index (χ2n) is 5.39. The molecule has 0 fully saturated rings. The number of ether oxygens (including phenoxy) is 1. The number of aliphatic hydroxyl groups is 1. The van der Waals surface area contributed by atoms with E-state index in [2.05, 4.69) is 13.8 Å². The van der Waals surface area contributed by atoms with Crippen LogP contribution in [0, 0.1) is 0 Å². The molecule has 1 atom stereocenters. The molecule has 0 aliphatic rings. The summed E-state index contributed by atoms with van der Waals surface area (Å²) in [5, 5.41) is 9.15. The summed E-state index contributed by atoms with van der Waals surface area (Å²) in [6.07, 6.45) is 12.0. The summed E-state index contributed by atoms with van der Waals surface area (Å²) in [6.45, 7) is 5.83. The summed E-state index contributed by atoms with van der Waals surface area (Å²) in [4.78, 5) is 11.9. The van der Waals surface area contributed by atoms with Crippen molar-refractivity contribution in [2.45, 2.75) is 91.3 Å². The number of unbranched alkanes of at least 4 members (excludes halogenated alkanes) is 7. The van der Waals surface area contributed by atoms with Gasteiger partial charge in [-0.15, -0.1) is 0 Å². The molecule has 0 aliphatic carbocycles. The Hall–Kier alpha value is -0.830. The first-order valence-corrected chi connectivity index (χ1v) is 8.19. The Morgan fingerprint density at radius 1 is 1.05 bits per heavy atom. The Labute approximate surface area is 124 Å². The SMILES string of the molecule is CCCCCCC=C(CCCCCC)C(=O)OC(C)O. The van der Waals surface area contributed by atoms with Crippen LogP contribution in [-0.2, 0) is 9.53 Å². The average molecular weight is 284 g/mol. The fraction of sp³-hybridized carbons (Fsp3) is 0.824. The number of hydrogen-bond donors (Lipinski definition) is 1. The highest BCUT2D eigenvalue weighted by Crippen LogP contribution is 2.15. The summed E-state index contributed by atoms with van der Waals surface area (Å²) >= 11 is 0. The molecule has 0 amide bonds. The lowest BCUT2D eigenvalue weighted by molar-refractivity contribution is -0.160. The van der Waals surface area contributed by atoms with E-state index in [4.69, 9.17) is 9.84 Å². The van der Waals surface area contributed by atoms with Gasteiger partial charge < -0.3 is 9.84 Å². The molecule has 0 heterocycles. The van der Waals surface area contributed by atoms with E-state index in [1.807, 2.05) is 6.08 Å². The Balaban J connectivity index is 4.22. The first-order chi connectivity index (χ1) is 9.61. The zero-order valence-electron chi connectivity index (χ0n) is 13.5. The minimum atomic E-state index is -1.03. The van der Waals surface area contributed by atoms with Gasteiger partial charge in [0.15, 0.2) is 6.29 Å². The number of hydrogen-bond acceptors (Lipinski definition) is 3. The lowest BCUT2D eigenvalue weighted by Crippen LogP contribution is -2.16. The van der Waals surface area contributed by atoms with Gasteiger partial charge >= 0.3 is 5.97 Å². The molecule has 3 heteroatoms. The van der Waals surface area contributed by atoms with Crippen LogP contribution in [0.2, 0.25) is 0 Å². The lowest BCUT2D eigenvalue weighted by Gasteiger charge is -2.10. The molecule has 0 aliphatic heterocycles. The van der Waals surface area contributed by atoms with E-state index in [0.717, 1.165) is 37.7 Å². The zero-order chi connectivity index (χ0) is 15.2. The summed E-state index contributed by atoms with van der Waals surface area (Å²) in [5.74, 6) is -0.355. The highest BCUT2D eigenvalue weighted by molar-refractivity contribution is 5.88. The van der Waals surface area contributed by atoms with Gasteiger partial charge in [-0.3, -0.25) is 0 Å². The smallest absolute Gasteiger partial charge is 0.335 e. The lowest BCUT2D eigenvalue weighted by atomic mass is 10.0. The first kappa shape index (κ1) is 19.2. The van der Waals surface area contributed by atoms with Gasteiger partial charge in [0.2, 0.25) is 0 Å². The maximum Gasteiger partial charge on any atom is 0.335 e. The highest BCUT2D eigenvalue weighted by Gasteiger charge is 2.12. The van der Waals surface area contributed by atoms with Crippen LogP contribution >= 0.6 is 0 Å². The van der Waals surface area contributed by atoms with E-state index >= 15 is 0 Å². The molecular weight excluding hydrogens is 252 g/mol. The van der Waals surface area contributed by atoms with Crippen LogP contribution in [0.1, 0.15) is 85.0 Å². The standard InChI is InChI=1S/C17H32O3/c1-4-6-8-10-12-14-16(13-11-9-7-5-2)17(19)20-15(3)18/h14-15,18H,4-13H2,1-3H3. The Bertz CT molecular complexity index is 269. The fourth-order valence-electron chi connectivity index (χ4n) is 2.11. The minimum absolute atomic E-state index is 0.355. The summed E-state index contributed by atoms with van der Waals surface area (Å²) in [7, 11) is 0. The van der Waals surface area contributed by atoms with Crippen LogP contribution in [0.3, 0.4) is 0 Å². The van der Waals surface area contributed by atoms with Gasteiger partial charge in [0.1, 0.15) is 0 Å². The van der Waals surface area contributed by atoms with Crippen LogP contribution in [0.15, 0.2) is 11.6 Å². The summed E-state index contributed by atoms with van der Waals surface area (Å²) in [5.41, 5.74) is 0.735. The predicted octanol–water partition coefficient (Wildman–Crippen LogP) is 4.74. The van der Waals surface area contributed by atoms with Crippen molar-refractivity contribution >= 4 is 5.97 Å². The quantitative estimate of drug-likeness (QED) is 0.244. The van der Waals surface area contributed by atoms with Crippen molar-refractivity contribution in [3.63, 3.8) is 0 Å². The summed E-state index contributed by atoms with van der Waals surface area (Å²) in [6, 6.07) is 0. The molecule has 0 bridgehead atoms. The molecule has 0 aromatic rings. The van der Waals surface area contributed by atoms with Crippen LogP contribution < -0.4 is 0 Å². The van der Waals surface area contributed by atoms with Crippen LogP contribution in [0.4, 0.5) is 0 Å². The van der Waals surface area contributed by atoms with Crippen molar-refractivity contribution in [3.05, 3.63) is 11.6 Å². The van der Waals surface area contributed by atoms with E-state index in [9.17, 15) is 4.79 Å². The van der Waals surface area contributed by atoms with Crippen LogP contribution in [0.25, 0.3) is 0 Å². The van der Waals surface area contributed by atoms with Crippen LogP contribution in [0.5, 0.6) is 0 Å². The molecule has 0 saturated heterocycles. The zero-order valence-corrected chi connectivity index (χ0v) is 13.5. The van der Waals surface area contributed by atoms with E-state index in [0.29, 0.717) is 0 Å². The maximum atomic E-state index is 11.9. The average Bonchev–Trinajstić information content (AvgIpc) is 2.40. The van der Waals surface area contributed by atoms with Crippen molar-refractivity contribution in [2.75, 3.05) is 0 Å². The third-order valence-corrected chi connectivity index (χ3v) is 3.29. The third-order valence-electron chi connectivity index (χ3n) is 3.29. The monoisotopic (exact) mass is 284 g/mol. The second-order valence-corrected chi connectivity index (χ2v) is 5.39. The largest absolute Gasteiger partial charge is 0.433 e. The number of carbonyl (C=O) groups excluding carboxylic acids is 1. The number of allylic oxidation sites excluding steroid dienone is 1. The van der Waals surface area contributed by atoms with Gasteiger partial charge in [-0.25, -0.2) is 4.79 Å². The molecule has 0 aromatic heterocycles. The molecule has 1 N–H and O–H groups in total. The van der Waals surface area contributed by atoms with Gasteiger partial charge in [-0.1, -0.05) is 58.4 Å². The number of aliphatic hydroxyl groups excluding tert-OH is 1. The molecular formula is C17H32O3. The van der Waals surface area contributed by atoms with Crippen molar-refractivity contribution < 1.29 is 14.6 Å². The van der Waals surface area contributed by atoms with Gasteiger partial charge in [-0.2, -0.15) is 0 Å². The van der Waals surface area contributed by atoms with Gasteiger partial charge in [0.25, 0.3) is 0 Å². The normalized spacial score (nSPS) is 13.3. The number of esters is 1. The second kappa shape index (κ2) is 13.2. The van der Waals surface area contributed by atoms with Crippen LogP contribution in [-0.4, -0.2) is 17.4 Å². The number of carbonyl (C=O) groups is 1. The molecule has 0 spiro atoms. The van der Waals surface area contributed by atoms with Gasteiger partial charge in [0.05, 0.1) is 0 Å². The van der Waals surface area contributed by atoms with E-state index in [1.165, 1.54) is 39.0 Å². The molecule has 0 radical (unpaired) electrons. The van der Waals surface area contributed by atoms with Gasteiger partial charge in [-0.05, 0) is 32.6 Å². The Morgan fingerprint density at radius 3 is 2.20 bits per heavy atom. The van der Waals surface area contributed by atoms with Crippen molar-refractivity contribution in [1.29, 1.82) is 0 Å². The Morgan fingerprint density at radius 2 is 1.65 bits per heavy atom. The van der Waals surface area contributed by atoms with E-state index in [-0.39, 0.29) is 5.97 Å². The molecule has 1 unspecified atom stereocenters. The van der Waals surface area contributed by atoms with Crippen molar-refractivity contribution in [2.24, 2.45) is 0 Å². The molecule has 0 aromatic carbocycles. The van der Waals surface area contributed by atoms with Crippen molar-refractivity contribution in [3.8, 4) is 0 Å². The Kier molecular flexibility index (Phi) is 12.6. The molecule has 0 saturated carbocycles.